The number of ether oxygens (including phenoxy) is 2. The van der Waals surface area contributed by atoms with E-state index >= 15 is 0 Å². The zero-order valence-corrected chi connectivity index (χ0v) is 15.4. The maximum Gasteiger partial charge on any atom is 0.338 e. The molecule has 0 spiro atoms. The number of hydrogen-bond acceptors (Lipinski definition) is 5. The van der Waals surface area contributed by atoms with Crippen molar-refractivity contribution in [3.05, 3.63) is 65.2 Å². The Kier molecular flexibility index (Phi) is 5.70. The molecule has 0 saturated carbocycles. The summed E-state index contributed by atoms with van der Waals surface area (Å²) in [5.74, 6) is -0.485. The number of sulfonamides is 1. The van der Waals surface area contributed by atoms with Crippen LogP contribution in [-0.2, 0) is 26.1 Å². The molecule has 0 unspecified atom stereocenters. The van der Waals surface area contributed by atoms with Crippen LogP contribution in [0.4, 0.5) is 0 Å². The minimum atomic E-state index is -3.56. The SMILES string of the molecule is Cc1ccc(COC(=O)c2ccc(S(=O)(=O)N3CCOCC3)cc2)cc1. The van der Waals surface area contributed by atoms with Gasteiger partial charge in [-0.1, -0.05) is 29.8 Å². The molecule has 1 fully saturated rings. The second-order valence-electron chi connectivity index (χ2n) is 6.10. The van der Waals surface area contributed by atoms with Gasteiger partial charge in [-0.25, -0.2) is 13.2 Å². The van der Waals surface area contributed by atoms with Crippen LogP contribution in [-0.4, -0.2) is 45.0 Å². The topological polar surface area (TPSA) is 72.9 Å². The van der Waals surface area contributed by atoms with Crippen LogP contribution in [0.1, 0.15) is 21.5 Å². The fourth-order valence-electron chi connectivity index (χ4n) is 2.62. The third kappa shape index (κ3) is 4.30. The lowest BCUT2D eigenvalue weighted by molar-refractivity contribution is 0.0472. The maximum absolute atomic E-state index is 12.6. The number of esters is 1. The van der Waals surface area contributed by atoms with Crippen LogP contribution in [0.3, 0.4) is 0 Å². The fraction of sp³-hybridized carbons (Fsp3) is 0.316. The number of carbonyl (C=O) groups is 1. The Balaban J connectivity index is 1.64. The molecule has 1 aliphatic heterocycles. The quantitative estimate of drug-likeness (QED) is 0.750. The zero-order valence-electron chi connectivity index (χ0n) is 14.6. The van der Waals surface area contributed by atoms with Crippen molar-refractivity contribution in [2.45, 2.75) is 18.4 Å². The molecular weight excluding hydrogens is 354 g/mol. The van der Waals surface area contributed by atoms with Gasteiger partial charge in [0.15, 0.2) is 0 Å². The van der Waals surface area contributed by atoms with E-state index in [2.05, 4.69) is 0 Å². The molecule has 2 aromatic carbocycles. The minimum Gasteiger partial charge on any atom is -0.457 e. The Morgan fingerprint density at radius 1 is 1.04 bits per heavy atom. The van der Waals surface area contributed by atoms with Crippen molar-refractivity contribution in [2.75, 3.05) is 26.3 Å². The third-order valence-corrected chi connectivity index (χ3v) is 6.10. The Hall–Kier alpha value is -2.22. The van der Waals surface area contributed by atoms with Gasteiger partial charge in [0.05, 0.1) is 23.7 Å². The molecule has 0 radical (unpaired) electrons. The summed E-state index contributed by atoms with van der Waals surface area (Å²) in [7, 11) is -3.56. The molecule has 0 amide bonds. The first-order chi connectivity index (χ1) is 12.5. The molecule has 6 nitrogen and oxygen atoms in total. The number of carbonyl (C=O) groups excluding carboxylic acids is 1. The van der Waals surface area contributed by atoms with Gasteiger partial charge in [-0.15, -0.1) is 0 Å². The smallest absolute Gasteiger partial charge is 0.338 e. The van der Waals surface area contributed by atoms with Crippen LogP contribution in [0.15, 0.2) is 53.4 Å². The summed E-state index contributed by atoms with van der Waals surface area (Å²) in [5.41, 5.74) is 2.35. The Labute approximate surface area is 153 Å². The fourth-order valence-corrected chi connectivity index (χ4v) is 4.02. The van der Waals surface area contributed by atoms with Crippen LogP contribution in [0, 0.1) is 6.92 Å². The molecule has 0 aliphatic carbocycles. The molecule has 3 rings (SSSR count). The molecule has 0 bridgehead atoms. The minimum absolute atomic E-state index is 0.162. The number of morpholine rings is 1. The van der Waals surface area contributed by atoms with Crippen LogP contribution in [0.2, 0.25) is 0 Å². The lowest BCUT2D eigenvalue weighted by atomic mass is 10.2. The predicted molar refractivity (Wildman–Crippen MR) is 96.3 cm³/mol. The van der Waals surface area contributed by atoms with E-state index in [1.807, 2.05) is 31.2 Å². The highest BCUT2D eigenvalue weighted by molar-refractivity contribution is 7.89. The van der Waals surface area contributed by atoms with E-state index in [1.165, 1.54) is 28.6 Å². The molecule has 1 aliphatic rings. The van der Waals surface area contributed by atoms with Gasteiger partial charge in [-0.05, 0) is 36.8 Å². The van der Waals surface area contributed by atoms with Crippen molar-refractivity contribution in [1.29, 1.82) is 0 Å². The standard InChI is InChI=1S/C19H21NO5S/c1-15-2-4-16(5-3-15)14-25-19(21)17-6-8-18(9-7-17)26(22,23)20-10-12-24-13-11-20/h2-9H,10-14H2,1H3. The average Bonchev–Trinajstić information content (AvgIpc) is 2.68. The monoisotopic (exact) mass is 375 g/mol. The number of nitrogens with zero attached hydrogens (tertiary/aromatic N) is 1. The molecule has 2 aromatic rings. The second-order valence-corrected chi connectivity index (χ2v) is 8.04. The van der Waals surface area contributed by atoms with Crippen molar-refractivity contribution in [3.8, 4) is 0 Å². The zero-order chi connectivity index (χ0) is 18.6. The van der Waals surface area contributed by atoms with Crippen molar-refractivity contribution in [1.82, 2.24) is 4.31 Å². The molecule has 7 heteroatoms. The van der Waals surface area contributed by atoms with Crippen molar-refractivity contribution < 1.29 is 22.7 Å². The molecule has 26 heavy (non-hydrogen) atoms. The normalized spacial score (nSPS) is 15.6. The summed E-state index contributed by atoms with van der Waals surface area (Å²) in [6.07, 6.45) is 0. The van der Waals surface area contributed by atoms with Crippen molar-refractivity contribution >= 4 is 16.0 Å². The van der Waals surface area contributed by atoms with Gasteiger partial charge in [0.2, 0.25) is 10.0 Å². The molecule has 1 saturated heterocycles. The number of benzene rings is 2. The first-order valence-corrected chi connectivity index (χ1v) is 9.81. The molecule has 1 heterocycles. The number of hydrogen-bond donors (Lipinski definition) is 0. The Bertz CT molecular complexity index is 854. The number of rotatable bonds is 5. The van der Waals surface area contributed by atoms with Crippen LogP contribution >= 0.6 is 0 Å². The van der Waals surface area contributed by atoms with Gasteiger partial charge in [0.1, 0.15) is 6.61 Å². The third-order valence-electron chi connectivity index (χ3n) is 4.19. The second kappa shape index (κ2) is 7.99. The summed E-state index contributed by atoms with van der Waals surface area (Å²) >= 11 is 0. The van der Waals surface area contributed by atoms with E-state index in [0.717, 1.165) is 11.1 Å². The highest BCUT2D eigenvalue weighted by Crippen LogP contribution is 2.18. The van der Waals surface area contributed by atoms with Crippen molar-refractivity contribution in [3.63, 3.8) is 0 Å². The summed E-state index contributed by atoms with van der Waals surface area (Å²) in [6, 6.07) is 13.5. The van der Waals surface area contributed by atoms with E-state index in [4.69, 9.17) is 9.47 Å². The Morgan fingerprint density at radius 3 is 2.27 bits per heavy atom. The molecule has 138 valence electrons. The van der Waals surface area contributed by atoms with Gasteiger partial charge < -0.3 is 9.47 Å². The van der Waals surface area contributed by atoms with Gasteiger partial charge in [0, 0.05) is 13.1 Å². The number of aryl methyl sites for hydroxylation is 1. The van der Waals surface area contributed by atoms with Crippen molar-refractivity contribution in [2.24, 2.45) is 0 Å². The first-order valence-electron chi connectivity index (χ1n) is 8.37. The van der Waals surface area contributed by atoms with E-state index in [0.29, 0.717) is 31.9 Å². The van der Waals surface area contributed by atoms with Crippen LogP contribution in [0.25, 0.3) is 0 Å². The summed E-state index contributed by atoms with van der Waals surface area (Å²) in [6.45, 7) is 3.62. The van der Waals surface area contributed by atoms with Gasteiger partial charge in [-0.3, -0.25) is 0 Å². The maximum atomic E-state index is 12.6. The average molecular weight is 375 g/mol. The predicted octanol–water partition coefficient (Wildman–Crippen LogP) is 2.37. The Morgan fingerprint density at radius 2 is 1.65 bits per heavy atom. The summed E-state index contributed by atoms with van der Waals surface area (Å²) in [4.78, 5) is 12.3. The van der Waals surface area contributed by atoms with E-state index < -0.39 is 16.0 Å². The largest absolute Gasteiger partial charge is 0.457 e. The lowest BCUT2D eigenvalue weighted by Crippen LogP contribution is -2.40. The van der Waals surface area contributed by atoms with E-state index in [-0.39, 0.29) is 11.5 Å². The molecule has 0 aromatic heterocycles. The van der Waals surface area contributed by atoms with Gasteiger partial charge >= 0.3 is 5.97 Å². The summed E-state index contributed by atoms with van der Waals surface area (Å²) < 4.78 is 37.0. The highest BCUT2D eigenvalue weighted by atomic mass is 32.2. The first kappa shape index (κ1) is 18.6. The lowest BCUT2D eigenvalue weighted by Gasteiger charge is -2.26. The van der Waals surface area contributed by atoms with Gasteiger partial charge in [0.25, 0.3) is 0 Å². The molecular formula is C19H21NO5S. The van der Waals surface area contributed by atoms with E-state index in [9.17, 15) is 13.2 Å². The van der Waals surface area contributed by atoms with Gasteiger partial charge in [-0.2, -0.15) is 4.31 Å². The molecule has 0 atom stereocenters. The highest BCUT2D eigenvalue weighted by Gasteiger charge is 2.26. The summed E-state index contributed by atoms with van der Waals surface area (Å²) in [5, 5.41) is 0. The van der Waals surface area contributed by atoms with E-state index in [1.54, 1.807) is 0 Å². The molecule has 0 N–H and O–H groups in total. The van der Waals surface area contributed by atoms with Crippen LogP contribution < -0.4 is 0 Å². The van der Waals surface area contributed by atoms with Crippen LogP contribution in [0.5, 0.6) is 0 Å².